The van der Waals surface area contributed by atoms with Crippen molar-refractivity contribution in [3.8, 4) is 0 Å². The van der Waals surface area contributed by atoms with E-state index >= 15 is 0 Å². The highest BCUT2D eigenvalue weighted by Gasteiger charge is 2.49. The summed E-state index contributed by atoms with van der Waals surface area (Å²) >= 11 is 0. The smallest absolute Gasteiger partial charge is 0.250 e. The molecule has 1 saturated carbocycles. The van der Waals surface area contributed by atoms with E-state index in [0.29, 0.717) is 13.0 Å². The first-order chi connectivity index (χ1) is 11.0. The molecule has 0 spiro atoms. The van der Waals surface area contributed by atoms with Gasteiger partial charge in [-0.1, -0.05) is 19.3 Å². The molecule has 2 fully saturated rings. The van der Waals surface area contributed by atoms with Gasteiger partial charge in [0.25, 0.3) is 0 Å². The second-order valence-corrected chi connectivity index (χ2v) is 6.78. The van der Waals surface area contributed by atoms with Crippen LogP contribution < -0.4 is 10.2 Å². The summed E-state index contributed by atoms with van der Waals surface area (Å²) < 4.78 is 0. The van der Waals surface area contributed by atoms with Crippen LogP contribution in [0.25, 0.3) is 0 Å². The molecular weight excluding hydrogens is 290 g/mol. The fourth-order valence-corrected chi connectivity index (χ4v) is 3.61. The number of carbonyl (C=O) groups excluding carboxylic acids is 2. The molecule has 124 valence electrons. The first-order valence-corrected chi connectivity index (χ1v) is 8.42. The number of likely N-dealkylation sites (tertiary alicyclic amines) is 1. The summed E-state index contributed by atoms with van der Waals surface area (Å²) in [7, 11) is 3.97. The number of β-lactam (4-membered cyclic amide) rings is 1. The van der Waals surface area contributed by atoms with E-state index in [9.17, 15) is 9.59 Å². The molecule has 0 atom stereocenters. The Balaban J connectivity index is 1.77. The Morgan fingerprint density at radius 2 is 1.78 bits per heavy atom. The lowest BCUT2D eigenvalue weighted by atomic mass is 9.77. The van der Waals surface area contributed by atoms with Crippen LogP contribution >= 0.6 is 0 Å². The molecular formula is C18H25N3O2. The lowest BCUT2D eigenvalue weighted by Crippen LogP contribution is -2.64. The minimum atomic E-state index is -0.631. The number of amides is 2. The molecule has 1 N–H and O–H groups in total. The van der Waals surface area contributed by atoms with E-state index in [2.05, 4.69) is 5.32 Å². The number of nitrogens with zero attached hydrogens (tertiary/aromatic N) is 2. The van der Waals surface area contributed by atoms with Crippen LogP contribution in [0.4, 0.5) is 11.4 Å². The van der Waals surface area contributed by atoms with Crippen molar-refractivity contribution < 1.29 is 9.59 Å². The molecule has 1 aromatic carbocycles. The maximum absolute atomic E-state index is 13.0. The molecule has 0 aromatic heterocycles. The SMILES string of the molecule is CN(C)c1ccc(NC(=O)C2(N3CCC3=O)CCCCC2)cc1. The van der Waals surface area contributed by atoms with E-state index in [-0.39, 0.29) is 11.8 Å². The quantitative estimate of drug-likeness (QED) is 0.869. The molecule has 5 heteroatoms. The second kappa shape index (κ2) is 6.22. The summed E-state index contributed by atoms with van der Waals surface area (Å²) in [4.78, 5) is 28.7. The van der Waals surface area contributed by atoms with Crippen molar-refractivity contribution in [3.05, 3.63) is 24.3 Å². The molecule has 0 bridgehead atoms. The van der Waals surface area contributed by atoms with Gasteiger partial charge in [-0.15, -0.1) is 0 Å². The topological polar surface area (TPSA) is 52.7 Å². The normalized spacial score (nSPS) is 19.9. The fourth-order valence-electron chi connectivity index (χ4n) is 3.61. The number of anilines is 2. The Morgan fingerprint density at radius 3 is 2.26 bits per heavy atom. The number of nitrogens with one attached hydrogen (secondary N) is 1. The van der Waals surface area contributed by atoms with Crippen LogP contribution in [0.15, 0.2) is 24.3 Å². The van der Waals surface area contributed by atoms with E-state index in [1.54, 1.807) is 4.90 Å². The fraction of sp³-hybridized carbons (Fsp3) is 0.556. The number of hydrogen-bond acceptors (Lipinski definition) is 3. The molecule has 1 saturated heterocycles. The Bertz CT molecular complexity index is 589. The van der Waals surface area contributed by atoms with Crippen molar-refractivity contribution in [2.24, 2.45) is 0 Å². The molecule has 1 aliphatic carbocycles. The number of benzene rings is 1. The Kier molecular flexibility index (Phi) is 4.28. The van der Waals surface area contributed by atoms with Gasteiger partial charge in [0, 0.05) is 38.4 Å². The summed E-state index contributed by atoms with van der Waals surface area (Å²) in [5.41, 5.74) is 1.25. The monoisotopic (exact) mass is 315 g/mol. The first-order valence-electron chi connectivity index (χ1n) is 8.42. The van der Waals surface area contributed by atoms with Crippen molar-refractivity contribution in [3.63, 3.8) is 0 Å². The molecule has 1 heterocycles. The summed E-state index contributed by atoms with van der Waals surface area (Å²) in [6.07, 6.45) is 5.30. The number of rotatable bonds is 4. The molecule has 0 radical (unpaired) electrons. The molecule has 23 heavy (non-hydrogen) atoms. The Labute approximate surface area is 137 Å². The molecule has 1 aromatic rings. The van der Waals surface area contributed by atoms with Gasteiger partial charge in [0.1, 0.15) is 5.54 Å². The van der Waals surface area contributed by atoms with Crippen molar-refractivity contribution in [1.82, 2.24) is 4.90 Å². The largest absolute Gasteiger partial charge is 0.378 e. The van der Waals surface area contributed by atoms with Crippen LogP contribution in [-0.2, 0) is 9.59 Å². The summed E-state index contributed by atoms with van der Waals surface area (Å²) in [6, 6.07) is 7.80. The average Bonchev–Trinajstić information content (AvgIpc) is 2.54. The average molecular weight is 315 g/mol. The zero-order chi connectivity index (χ0) is 16.4. The highest BCUT2D eigenvalue weighted by molar-refractivity contribution is 6.01. The lowest BCUT2D eigenvalue weighted by Gasteiger charge is -2.49. The third-order valence-electron chi connectivity index (χ3n) is 5.11. The van der Waals surface area contributed by atoms with Gasteiger partial charge in [-0.25, -0.2) is 0 Å². The molecule has 1 aliphatic heterocycles. The minimum absolute atomic E-state index is 0.0251. The van der Waals surface area contributed by atoms with Gasteiger partial charge in [-0.3, -0.25) is 9.59 Å². The van der Waals surface area contributed by atoms with Crippen LogP contribution in [0, 0.1) is 0 Å². The van der Waals surface area contributed by atoms with E-state index in [4.69, 9.17) is 0 Å². The van der Waals surface area contributed by atoms with Gasteiger partial charge in [0.2, 0.25) is 11.8 Å². The zero-order valence-electron chi connectivity index (χ0n) is 14.0. The van der Waals surface area contributed by atoms with Crippen molar-refractivity contribution in [2.45, 2.75) is 44.1 Å². The third kappa shape index (κ3) is 2.92. The van der Waals surface area contributed by atoms with Gasteiger partial charge in [-0.05, 0) is 37.1 Å². The Morgan fingerprint density at radius 1 is 1.13 bits per heavy atom. The molecule has 2 aliphatic rings. The number of carbonyl (C=O) groups is 2. The van der Waals surface area contributed by atoms with E-state index in [0.717, 1.165) is 43.5 Å². The lowest BCUT2D eigenvalue weighted by molar-refractivity contribution is -0.157. The standard InChI is InChI=1S/C18H25N3O2/c1-20(2)15-8-6-14(7-9-15)19-17(23)18(11-4-3-5-12-18)21-13-10-16(21)22/h6-9H,3-5,10-13H2,1-2H3,(H,19,23). The van der Waals surface area contributed by atoms with Gasteiger partial charge in [0.05, 0.1) is 0 Å². The molecule has 0 unspecified atom stereocenters. The third-order valence-corrected chi connectivity index (χ3v) is 5.11. The van der Waals surface area contributed by atoms with Crippen LogP contribution in [0.1, 0.15) is 38.5 Å². The highest BCUT2D eigenvalue weighted by Crippen LogP contribution is 2.38. The molecule has 2 amide bonds. The van der Waals surface area contributed by atoms with Gasteiger partial charge >= 0.3 is 0 Å². The predicted molar refractivity (Wildman–Crippen MR) is 91.5 cm³/mol. The maximum Gasteiger partial charge on any atom is 0.250 e. The van der Waals surface area contributed by atoms with Crippen molar-refractivity contribution in [1.29, 1.82) is 0 Å². The van der Waals surface area contributed by atoms with Gasteiger partial charge in [-0.2, -0.15) is 0 Å². The summed E-state index contributed by atoms with van der Waals surface area (Å²) in [5.74, 6) is 0.0906. The number of hydrogen-bond donors (Lipinski definition) is 1. The highest BCUT2D eigenvalue weighted by atomic mass is 16.2. The maximum atomic E-state index is 13.0. The minimum Gasteiger partial charge on any atom is -0.378 e. The van der Waals surface area contributed by atoms with E-state index in [1.165, 1.54) is 0 Å². The molecule has 3 rings (SSSR count). The molecule has 5 nitrogen and oxygen atoms in total. The van der Waals surface area contributed by atoms with Gasteiger partial charge in [0.15, 0.2) is 0 Å². The summed E-state index contributed by atoms with van der Waals surface area (Å²) in [6.45, 7) is 0.714. The van der Waals surface area contributed by atoms with Crippen LogP contribution in [0.3, 0.4) is 0 Å². The van der Waals surface area contributed by atoms with Crippen LogP contribution in [-0.4, -0.2) is 42.9 Å². The van der Waals surface area contributed by atoms with Gasteiger partial charge < -0.3 is 15.1 Å². The van der Waals surface area contributed by atoms with Crippen LogP contribution in [0.5, 0.6) is 0 Å². The van der Waals surface area contributed by atoms with E-state index in [1.807, 2.05) is 43.3 Å². The van der Waals surface area contributed by atoms with Crippen LogP contribution in [0.2, 0.25) is 0 Å². The first kappa shape index (κ1) is 15.8. The Hall–Kier alpha value is -2.04. The predicted octanol–water partition coefficient (Wildman–Crippen LogP) is 2.63. The zero-order valence-corrected chi connectivity index (χ0v) is 14.0. The van der Waals surface area contributed by atoms with Crippen molar-refractivity contribution in [2.75, 3.05) is 30.9 Å². The summed E-state index contributed by atoms with van der Waals surface area (Å²) in [5, 5.41) is 3.04. The van der Waals surface area contributed by atoms with E-state index < -0.39 is 5.54 Å². The van der Waals surface area contributed by atoms with Crippen molar-refractivity contribution >= 4 is 23.2 Å². The second-order valence-electron chi connectivity index (χ2n) is 6.78.